The van der Waals surface area contributed by atoms with E-state index in [9.17, 15) is 4.79 Å². The second-order valence-electron chi connectivity index (χ2n) is 7.23. The molecular formula is C20H30N2O2S. The summed E-state index contributed by atoms with van der Waals surface area (Å²) in [5.74, 6) is 0. The maximum Gasteiger partial charge on any atom is 0.315 e. The van der Waals surface area contributed by atoms with Gasteiger partial charge in [-0.2, -0.15) is 0 Å². The molecule has 1 aromatic rings. The van der Waals surface area contributed by atoms with E-state index in [4.69, 9.17) is 4.74 Å². The Hall–Kier alpha value is -1.20. The number of hydrogen-bond donors (Lipinski definition) is 2. The first-order valence-corrected chi connectivity index (χ1v) is 10.4. The van der Waals surface area contributed by atoms with Gasteiger partial charge in [0.2, 0.25) is 0 Å². The van der Waals surface area contributed by atoms with E-state index in [2.05, 4.69) is 34.9 Å². The van der Waals surface area contributed by atoms with Crippen LogP contribution >= 0.6 is 11.8 Å². The minimum absolute atomic E-state index is 0.00794. The molecule has 1 heterocycles. The quantitative estimate of drug-likeness (QED) is 0.766. The van der Waals surface area contributed by atoms with Crippen LogP contribution in [0.2, 0.25) is 0 Å². The summed E-state index contributed by atoms with van der Waals surface area (Å²) >= 11 is 1.88. The highest BCUT2D eigenvalue weighted by atomic mass is 32.2. The van der Waals surface area contributed by atoms with E-state index in [1.54, 1.807) is 0 Å². The molecule has 1 saturated heterocycles. The van der Waals surface area contributed by atoms with Crippen molar-refractivity contribution >= 4 is 17.8 Å². The van der Waals surface area contributed by atoms with Crippen LogP contribution < -0.4 is 10.6 Å². The third kappa shape index (κ3) is 5.93. The summed E-state index contributed by atoms with van der Waals surface area (Å²) in [5.41, 5.74) is 0. The van der Waals surface area contributed by atoms with Gasteiger partial charge in [0, 0.05) is 35.4 Å². The van der Waals surface area contributed by atoms with E-state index in [1.165, 1.54) is 30.6 Å². The highest BCUT2D eigenvalue weighted by molar-refractivity contribution is 8.00. The molecule has 1 aliphatic heterocycles. The number of benzene rings is 1. The number of nitrogens with one attached hydrogen (secondary N) is 2. The highest BCUT2D eigenvalue weighted by Crippen LogP contribution is 2.40. The van der Waals surface area contributed by atoms with Crippen LogP contribution in [0, 0.1) is 0 Å². The monoisotopic (exact) mass is 362 g/mol. The third-order valence-electron chi connectivity index (χ3n) is 5.24. The first-order chi connectivity index (χ1) is 12.3. The molecule has 3 rings (SSSR count). The fourth-order valence-electron chi connectivity index (χ4n) is 3.70. The highest BCUT2D eigenvalue weighted by Gasteiger charge is 2.34. The van der Waals surface area contributed by atoms with Crippen LogP contribution in [-0.2, 0) is 4.74 Å². The maximum atomic E-state index is 12.4. The van der Waals surface area contributed by atoms with E-state index in [1.807, 2.05) is 17.8 Å². The Morgan fingerprint density at radius 1 is 1.08 bits per heavy atom. The van der Waals surface area contributed by atoms with Gasteiger partial charge in [-0.1, -0.05) is 43.9 Å². The predicted molar refractivity (Wildman–Crippen MR) is 103 cm³/mol. The van der Waals surface area contributed by atoms with Crippen LogP contribution in [0.1, 0.15) is 51.4 Å². The second kappa shape index (κ2) is 9.48. The Balaban J connectivity index is 1.54. The average molecular weight is 363 g/mol. The molecule has 2 amide bonds. The number of rotatable bonds is 5. The molecule has 0 aromatic heterocycles. The lowest BCUT2D eigenvalue weighted by atomic mass is 9.99. The van der Waals surface area contributed by atoms with Gasteiger partial charge in [0.25, 0.3) is 0 Å². The molecule has 0 radical (unpaired) electrons. The van der Waals surface area contributed by atoms with E-state index < -0.39 is 0 Å². The van der Waals surface area contributed by atoms with Crippen molar-refractivity contribution in [3.05, 3.63) is 30.3 Å². The minimum atomic E-state index is -0.00794. The van der Waals surface area contributed by atoms with Crippen LogP contribution in [0.15, 0.2) is 35.2 Å². The summed E-state index contributed by atoms with van der Waals surface area (Å²) in [6, 6.07) is 10.8. The van der Waals surface area contributed by atoms with Gasteiger partial charge in [0.15, 0.2) is 0 Å². The fraction of sp³-hybridized carbons (Fsp3) is 0.650. The van der Waals surface area contributed by atoms with Gasteiger partial charge in [-0.25, -0.2) is 4.79 Å². The molecule has 0 bridgehead atoms. The van der Waals surface area contributed by atoms with E-state index >= 15 is 0 Å². The number of ether oxygens (including phenoxy) is 1. The van der Waals surface area contributed by atoms with E-state index in [0.717, 1.165) is 38.9 Å². The number of hydrogen-bond acceptors (Lipinski definition) is 3. The first-order valence-electron chi connectivity index (χ1n) is 9.62. The molecule has 0 atom stereocenters. The Kier molecular flexibility index (Phi) is 7.05. The van der Waals surface area contributed by atoms with Crippen LogP contribution in [-0.4, -0.2) is 36.6 Å². The number of carbonyl (C=O) groups excluding carboxylic acids is 1. The van der Waals surface area contributed by atoms with E-state index in [-0.39, 0.29) is 10.8 Å². The van der Waals surface area contributed by atoms with Crippen molar-refractivity contribution in [3.63, 3.8) is 0 Å². The summed E-state index contributed by atoms with van der Waals surface area (Å²) in [6.07, 6.45) is 9.24. The van der Waals surface area contributed by atoms with Crippen molar-refractivity contribution in [2.24, 2.45) is 0 Å². The van der Waals surface area contributed by atoms with Crippen LogP contribution in [0.5, 0.6) is 0 Å². The van der Waals surface area contributed by atoms with Crippen molar-refractivity contribution in [1.82, 2.24) is 10.6 Å². The van der Waals surface area contributed by atoms with Gasteiger partial charge >= 0.3 is 6.03 Å². The molecule has 25 heavy (non-hydrogen) atoms. The van der Waals surface area contributed by atoms with Gasteiger partial charge in [0.1, 0.15) is 0 Å². The SMILES string of the molecule is O=C(NCC1(Sc2ccccc2)CCOCC1)NC1CCCCCC1. The normalized spacial score (nSPS) is 21.3. The summed E-state index contributed by atoms with van der Waals surface area (Å²) in [5, 5.41) is 6.34. The van der Waals surface area contributed by atoms with Crippen LogP contribution in [0.3, 0.4) is 0 Å². The molecule has 0 spiro atoms. The van der Waals surface area contributed by atoms with Gasteiger partial charge in [0.05, 0.1) is 0 Å². The van der Waals surface area contributed by atoms with Gasteiger partial charge in [-0.3, -0.25) is 0 Å². The fourth-order valence-corrected chi connectivity index (χ4v) is 5.01. The first kappa shape index (κ1) is 18.6. The Morgan fingerprint density at radius 2 is 1.76 bits per heavy atom. The number of urea groups is 1. The lowest BCUT2D eigenvalue weighted by Gasteiger charge is -2.37. The van der Waals surface area contributed by atoms with Crippen molar-refractivity contribution < 1.29 is 9.53 Å². The zero-order chi connectivity index (χ0) is 17.4. The molecule has 1 aromatic carbocycles. The molecule has 0 unspecified atom stereocenters. The maximum absolute atomic E-state index is 12.4. The standard InChI is InChI=1S/C20H30N2O2S/c23-19(22-17-8-4-1-2-5-9-17)21-16-20(12-14-24-15-13-20)25-18-10-6-3-7-11-18/h3,6-7,10-11,17H,1-2,4-5,8-9,12-16H2,(H2,21,22,23). The van der Waals surface area contributed by atoms with Crippen LogP contribution in [0.25, 0.3) is 0 Å². The molecule has 2 N–H and O–H groups in total. The Labute approximate surface area is 155 Å². The van der Waals surface area contributed by atoms with Gasteiger partial charge in [-0.05, 0) is 37.8 Å². The van der Waals surface area contributed by atoms with Crippen molar-refractivity contribution in [2.75, 3.05) is 19.8 Å². The molecular weight excluding hydrogens is 332 g/mol. The number of amides is 2. The lowest BCUT2D eigenvalue weighted by molar-refractivity contribution is 0.0776. The summed E-state index contributed by atoms with van der Waals surface area (Å²) < 4.78 is 5.59. The minimum Gasteiger partial charge on any atom is -0.381 e. The number of carbonyl (C=O) groups is 1. The predicted octanol–water partition coefficient (Wildman–Crippen LogP) is 4.35. The summed E-state index contributed by atoms with van der Waals surface area (Å²) in [4.78, 5) is 13.7. The van der Waals surface area contributed by atoms with Gasteiger partial charge in [-0.15, -0.1) is 11.8 Å². The Bertz CT molecular complexity index is 524. The molecule has 1 saturated carbocycles. The second-order valence-corrected chi connectivity index (χ2v) is 8.77. The third-order valence-corrected chi connectivity index (χ3v) is 6.74. The molecule has 2 aliphatic rings. The summed E-state index contributed by atoms with van der Waals surface area (Å²) in [6.45, 7) is 2.23. The Morgan fingerprint density at radius 3 is 2.44 bits per heavy atom. The summed E-state index contributed by atoms with van der Waals surface area (Å²) in [7, 11) is 0. The number of thioether (sulfide) groups is 1. The van der Waals surface area contributed by atoms with E-state index in [0.29, 0.717) is 12.6 Å². The molecule has 5 heteroatoms. The topological polar surface area (TPSA) is 50.4 Å². The molecule has 1 aliphatic carbocycles. The van der Waals surface area contributed by atoms with Gasteiger partial charge < -0.3 is 15.4 Å². The molecule has 2 fully saturated rings. The zero-order valence-corrected chi connectivity index (χ0v) is 15.8. The zero-order valence-electron chi connectivity index (χ0n) is 15.0. The lowest BCUT2D eigenvalue weighted by Crippen LogP contribution is -2.49. The molecule has 4 nitrogen and oxygen atoms in total. The average Bonchev–Trinajstić information content (AvgIpc) is 2.90. The van der Waals surface area contributed by atoms with Crippen molar-refractivity contribution in [1.29, 1.82) is 0 Å². The smallest absolute Gasteiger partial charge is 0.315 e. The molecule has 138 valence electrons. The van der Waals surface area contributed by atoms with Crippen molar-refractivity contribution in [2.45, 2.75) is 67.1 Å². The van der Waals surface area contributed by atoms with Crippen LogP contribution in [0.4, 0.5) is 4.79 Å². The largest absolute Gasteiger partial charge is 0.381 e. The van der Waals surface area contributed by atoms with Crippen molar-refractivity contribution in [3.8, 4) is 0 Å².